The van der Waals surface area contributed by atoms with Crippen LogP contribution in [0.4, 0.5) is 19.0 Å². The predicted molar refractivity (Wildman–Crippen MR) is 170 cm³/mol. The minimum atomic E-state index is -1.05. The number of benzene rings is 2. The molecule has 2 aromatic carbocycles. The molecule has 3 aliphatic heterocycles. The molecule has 1 unspecified atom stereocenters. The number of halogens is 3. The lowest BCUT2D eigenvalue weighted by Crippen LogP contribution is -2.43. The van der Waals surface area contributed by atoms with E-state index in [-0.39, 0.29) is 42.9 Å². The summed E-state index contributed by atoms with van der Waals surface area (Å²) in [5.41, 5.74) is 1.35. The molecule has 0 saturated carbocycles. The van der Waals surface area contributed by atoms with Gasteiger partial charge >= 0.3 is 6.01 Å². The highest BCUT2D eigenvalue weighted by atomic mass is 19.1. The third kappa shape index (κ3) is 5.74. The summed E-state index contributed by atoms with van der Waals surface area (Å²) in [7, 11) is 0. The highest BCUT2D eigenvalue weighted by Crippen LogP contribution is 2.41. The number of anilines is 1. The van der Waals surface area contributed by atoms with Crippen LogP contribution < -0.4 is 9.64 Å². The number of rotatable bonds is 10. The van der Waals surface area contributed by atoms with Crippen LogP contribution >= 0.6 is 0 Å². The van der Waals surface area contributed by atoms with Crippen LogP contribution in [-0.2, 0) is 16.0 Å². The molecule has 0 N–H and O–H groups in total. The van der Waals surface area contributed by atoms with Crippen LogP contribution in [0.5, 0.6) is 6.01 Å². The van der Waals surface area contributed by atoms with Crippen molar-refractivity contribution in [3.8, 4) is 17.3 Å². The Bertz CT molecular complexity index is 1740. The van der Waals surface area contributed by atoms with E-state index >= 15 is 4.39 Å². The zero-order valence-electron chi connectivity index (χ0n) is 25.9. The monoisotopic (exact) mass is 633 g/mol. The van der Waals surface area contributed by atoms with Gasteiger partial charge in [0.05, 0.1) is 24.1 Å². The first-order chi connectivity index (χ1) is 22.3. The van der Waals surface area contributed by atoms with Gasteiger partial charge in [0.15, 0.2) is 5.82 Å². The summed E-state index contributed by atoms with van der Waals surface area (Å²) < 4.78 is 57.2. The van der Waals surface area contributed by atoms with Crippen molar-refractivity contribution in [2.45, 2.75) is 63.3 Å². The summed E-state index contributed by atoms with van der Waals surface area (Å²) in [6, 6.07) is 11.6. The predicted octanol–water partition coefficient (Wildman–Crippen LogP) is 6.23. The standard InChI is InChI=1S/C35H38F3N5O3/c1-22-14-25(36)18-42(17-22)33-28-16-39-31(27-10-3-8-23-6-2-7-24(29(23)27)9-4-13-45-21-44)30(38)32(28)40-34(41-33)46-20-35-11-5-12-43(35)19-26(37)15-35/h2-3,6-8,10,16,21-22,25-26H,4-5,9,11-15,17-20H2,1H3/t22?,25-,26+,35-/m0/s1. The fourth-order valence-corrected chi connectivity index (χ4v) is 7.83. The Hall–Kier alpha value is -3.99. The zero-order valence-corrected chi connectivity index (χ0v) is 25.9. The van der Waals surface area contributed by atoms with Crippen LogP contribution in [0.15, 0.2) is 42.6 Å². The molecule has 2 aromatic heterocycles. The Morgan fingerprint density at radius 1 is 1.09 bits per heavy atom. The number of carbonyl (C=O) groups is 1. The summed E-state index contributed by atoms with van der Waals surface area (Å²) in [5, 5.41) is 2.17. The highest BCUT2D eigenvalue weighted by Gasteiger charge is 2.49. The molecule has 11 heteroatoms. The Kier molecular flexibility index (Phi) is 8.44. The molecule has 46 heavy (non-hydrogen) atoms. The van der Waals surface area contributed by atoms with E-state index in [1.54, 1.807) is 6.20 Å². The van der Waals surface area contributed by atoms with Gasteiger partial charge in [0.2, 0.25) is 0 Å². The zero-order chi connectivity index (χ0) is 31.8. The fraction of sp³-hybridized carbons (Fsp3) is 0.486. The van der Waals surface area contributed by atoms with Crippen molar-refractivity contribution in [2.24, 2.45) is 5.92 Å². The number of carbonyl (C=O) groups excluding carboxylic acids is 1. The van der Waals surface area contributed by atoms with E-state index in [4.69, 9.17) is 14.5 Å². The Balaban J connectivity index is 1.32. The van der Waals surface area contributed by atoms with Crippen molar-refractivity contribution in [3.63, 3.8) is 0 Å². The van der Waals surface area contributed by atoms with Crippen molar-refractivity contribution >= 4 is 34.0 Å². The topological polar surface area (TPSA) is 80.7 Å². The van der Waals surface area contributed by atoms with Crippen molar-refractivity contribution in [1.29, 1.82) is 0 Å². The highest BCUT2D eigenvalue weighted by molar-refractivity contribution is 6.00. The largest absolute Gasteiger partial charge is 0.468 e. The summed E-state index contributed by atoms with van der Waals surface area (Å²) in [4.78, 5) is 28.5. The molecule has 3 aliphatic rings. The van der Waals surface area contributed by atoms with E-state index < -0.39 is 23.7 Å². The molecule has 8 nitrogen and oxygen atoms in total. The van der Waals surface area contributed by atoms with Gasteiger partial charge in [-0.15, -0.1) is 0 Å². The third-order valence-corrected chi connectivity index (χ3v) is 9.81. The second-order valence-corrected chi connectivity index (χ2v) is 13.1. The first-order valence-electron chi connectivity index (χ1n) is 16.2. The summed E-state index contributed by atoms with van der Waals surface area (Å²) >= 11 is 0. The van der Waals surface area contributed by atoms with Crippen molar-refractivity contribution in [2.75, 3.05) is 44.3 Å². The van der Waals surface area contributed by atoms with Gasteiger partial charge in [-0.25, -0.2) is 13.2 Å². The normalized spacial score (nSPS) is 24.9. The Morgan fingerprint density at radius 2 is 1.93 bits per heavy atom. The van der Waals surface area contributed by atoms with Gasteiger partial charge in [0.1, 0.15) is 36.0 Å². The van der Waals surface area contributed by atoms with Crippen molar-refractivity contribution in [1.82, 2.24) is 19.9 Å². The number of alkyl halides is 2. The number of ether oxygens (including phenoxy) is 2. The molecule has 0 amide bonds. The number of aryl methyl sites for hydroxylation is 1. The SMILES string of the molecule is CC1C[C@H](F)CN(c2nc(OC[C@@]34CCCN3C[C@H](F)C4)nc3c(F)c(-c4cccc5cccc(CCCOC=O)c45)ncc23)C1. The molecule has 5 heterocycles. The van der Waals surface area contributed by atoms with E-state index in [0.717, 1.165) is 35.7 Å². The molecule has 0 bridgehead atoms. The van der Waals surface area contributed by atoms with Gasteiger partial charge in [0.25, 0.3) is 6.47 Å². The number of hydrogen-bond donors (Lipinski definition) is 0. The van der Waals surface area contributed by atoms with E-state index in [1.807, 2.05) is 48.2 Å². The lowest BCUT2D eigenvalue weighted by Gasteiger charge is -2.34. The molecule has 4 atom stereocenters. The minimum Gasteiger partial charge on any atom is -0.468 e. The van der Waals surface area contributed by atoms with Crippen LogP contribution in [0.2, 0.25) is 0 Å². The number of aromatic nitrogens is 3. The van der Waals surface area contributed by atoms with Gasteiger partial charge in [-0.3, -0.25) is 14.7 Å². The van der Waals surface area contributed by atoms with Gasteiger partial charge in [0, 0.05) is 31.3 Å². The lowest BCUT2D eigenvalue weighted by atomic mass is 9.94. The smallest absolute Gasteiger partial charge is 0.319 e. The molecule has 7 rings (SSSR count). The average Bonchev–Trinajstić information content (AvgIpc) is 3.57. The van der Waals surface area contributed by atoms with Gasteiger partial charge in [-0.2, -0.15) is 9.97 Å². The van der Waals surface area contributed by atoms with E-state index in [0.29, 0.717) is 62.0 Å². The van der Waals surface area contributed by atoms with E-state index in [2.05, 4.69) is 14.9 Å². The number of nitrogens with zero attached hydrogens (tertiary/aromatic N) is 5. The first kappa shape index (κ1) is 30.7. The average molecular weight is 634 g/mol. The van der Waals surface area contributed by atoms with Crippen LogP contribution in [0.1, 0.15) is 44.6 Å². The summed E-state index contributed by atoms with van der Waals surface area (Å²) in [6.07, 6.45) is 3.45. The number of fused-ring (bicyclic) bond motifs is 3. The van der Waals surface area contributed by atoms with Crippen molar-refractivity contribution < 1.29 is 27.4 Å². The molecule has 0 aliphatic carbocycles. The van der Waals surface area contributed by atoms with Crippen LogP contribution in [-0.4, -0.2) is 83.6 Å². The number of hydrogen-bond acceptors (Lipinski definition) is 8. The molecule has 3 fully saturated rings. The second kappa shape index (κ2) is 12.7. The number of pyridine rings is 1. The fourth-order valence-electron chi connectivity index (χ4n) is 7.83. The Labute approximate surface area is 265 Å². The van der Waals surface area contributed by atoms with Gasteiger partial charge in [-0.05, 0) is 60.9 Å². The van der Waals surface area contributed by atoms with Gasteiger partial charge in [-0.1, -0.05) is 43.3 Å². The quantitative estimate of drug-likeness (QED) is 0.150. The maximum Gasteiger partial charge on any atom is 0.319 e. The third-order valence-electron chi connectivity index (χ3n) is 9.81. The Morgan fingerprint density at radius 3 is 2.76 bits per heavy atom. The molecule has 4 aromatic rings. The van der Waals surface area contributed by atoms with Crippen LogP contribution in [0.3, 0.4) is 0 Å². The summed E-state index contributed by atoms with van der Waals surface area (Å²) in [6.45, 7) is 4.78. The van der Waals surface area contributed by atoms with Crippen LogP contribution in [0.25, 0.3) is 32.9 Å². The lowest BCUT2D eigenvalue weighted by molar-refractivity contribution is -0.128. The summed E-state index contributed by atoms with van der Waals surface area (Å²) in [5.74, 6) is -0.159. The number of piperidine rings is 1. The maximum absolute atomic E-state index is 16.8. The second-order valence-electron chi connectivity index (χ2n) is 13.1. The molecule has 242 valence electrons. The molecule has 3 saturated heterocycles. The van der Waals surface area contributed by atoms with E-state index in [9.17, 15) is 13.6 Å². The molecular weight excluding hydrogens is 595 g/mol. The van der Waals surface area contributed by atoms with E-state index in [1.165, 1.54) is 0 Å². The van der Waals surface area contributed by atoms with Crippen molar-refractivity contribution in [3.05, 3.63) is 54.0 Å². The first-order valence-corrected chi connectivity index (χ1v) is 16.2. The molecule has 0 radical (unpaired) electrons. The molecular formula is C35H38F3N5O3. The van der Waals surface area contributed by atoms with Gasteiger partial charge < -0.3 is 14.4 Å². The van der Waals surface area contributed by atoms with Crippen LogP contribution in [0, 0.1) is 11.7 Å². The maximum atomic E-state index is 16.8. The minimum absolute atomic E-state index is 0.00972. The molecule has 0 spiro atoms.